The Balaban J connectivity index is 1.55. The molecule has 1 saturated carbocycles. The average Bonchev–Trinajstić information content (AvgIpc) is 3.45. The zero-order valence-electron chi connectivity index (χ0n) is 16.4. The Morgan fingerprint density at radius 3 is 2.83 bits per heavy atom. The number of ketones is 1. The van der Waals surface area contributed by atoms with Gasteiger partial charge in [0, 0.05) is 12.2 Å². The fraction of sp³-hybridized carbons (Fsp3) is 0.429. The molecule has 2 aliphatic rings. The van der Waals surface area contributed by atoms with Crippen molar-refractivity contribution in [1.29, 1.82) is 0 Å². The van der Waals surface area contributed by atoms with Crippen molar-refractivity contribution in [2.45, 2.75) is 57.5 Å². The molecule has 1 fully saturated rings. The number of pyridine rings is 1. The maximum Gasteiger partial charge on any atom is 0.188 e. The molecule has 8 nitrogen and oxygen atoms in total. The van der Waals surface area contributed by atoms with Crippen LogP contribution in [0.4, 0.5) is 5.82 Å². The summed E-state index contributed by atoms with van der Waals surface area (Å²) >= 11 is 0. The lowest BCUT2D eigenvalue weighted by Crippen LogP contribution is -2.42. The molecule has 8 heteroatoms. The van der Waals surface area contributed by atoms with Crippen molar-refractivity contribution in [3.63, 3.8) is 0 Å². The van der Waals surface area contributed by atoms with Gasteiger partial charge < -0.3 is 4.90 Å². The highest BCUT2D eigenvalue weighted by Gasteiger charge is 2.38. The molecule has 1 atom stereocenters. The smallest absolute Gasteiger partial charge is 0.188 e. The number of rotatable bonds is 5. The van der Waals surface area contributed by atoms with Crippen LogP contribution in [0, 0.1) is 0 Å². The van der Waals surface area contributed by atoms with E-state index in [1.54, 1.807) is 30.9 Å². The zero-order chi connectivity index (χ0) is 19.8. The topological polar surface area (TPSA) is 89.7 Å². The monoisotopic (exact) mass is 389 g/mol. The van der Waals surface area contributed by atoms with Crippen LogP contribution >= 0.6 is 0 Å². The number of aromatic nitrogens is 6. The number of hydrogen-bond acceptors (Lipinski definition) is 7. The lowest BCUT2D eigenvalue weighted by atomic mass is 10.0. The number of carbonyl (C=O) groups is 1. The van der Waals surface area contributed by atoms with Crippen LogP contribution in [0.2, 0.25) is 0 Å². The van der Waals surface area contributed by atoms with Gasteiger partial charge >= 0.3 is 0 Å². The lowest BCUT2D eigenvalue weighted by molar-refractivity contribution is 0.0986. The van der Waals surface area contributed by atoms with Gasteiger partial charge in [-0.25, -0.2) is 9.97 Å². The molecule has 1 aliphatic heterocycles. The molecule has 3 aromatic rings. The second kappa shape index (κ2) is 7.35. The molecular formula is C21H23N7O. The molecule has 4 heterocycles. The van der Waals surface area contributed by atoms with E-state index in [1.807, 2.05) is 10.6 Å². The van der Waals surface area contributed by atoms with E-state index in [0.29, 0.717) is 17.6 Å². The first-order valence-electron chi connectivity index (χ1n) is 10.2. The van der Waals surface area contributed by atoms with Gasteiger partial charge in [-0.05, 0) is 31.4 Å². The normalized spacial score (nSPS) is 18.5. The summed E-state index contributed by atoms with van der Waals surface area (Å²) in [5.74, 6) is 2.27. The maximum atomic E-state index is 12.6. The first-order valence-corrected chi connectivity index (χ1v) is 10.2. The largest absolute Gasteiger partial charge is 0.342 e. The minimum Gasteiger partial charge on any atom is -0.342 e. The van der Waals surface area contributed by atoms with Crippen molar-refractivity contribution in [3.8, 4) is 5.69 Å². The van der Waals surface area contributed by atoms with Crippen molar-refractivity contribution < 1.29 is 4.79 Å². The highest BCUT2D eigenvalue weighted by molar-refractivity contribution is 5.95. The Labute approximate surface area is 169 Å². The summed E-state index contributed by atoms with van der Waals surface area (Å²) in [6.45, 7) is 2.17. The van der Waals surface area contributed by atoms with Gasteiger partial charge in [0.2, 0.25) is 0 Å². The van der Waals surface area contributed by atoms with Gasteiger partial charge in [-0.3, -0.25) is 14.3 Å². The van der Waals surface area contributed by atoms with E-state index in [9.17, 15) is 4.79 Å². The fourth-order valence-electron chi connectivity index (χ4n) is 4.53. The minimum absolute atomic E-state index is 0.0780. The molecule has 0 spiro atoms. The van der Waals surface area contributed by atoms with Crippen LogP contribution in [-0.2, 0) is 6.42 Å². The van der Waals surface area contributed by atoms with Crippen LogP contribution in [0.15, 0.2) is 36.9 Å². The molecule has 148 valence electrons. The Morgan fingerprint density at radius 2 is 2.07 bits per heavy atom. The van der Waals surface area contributed by atoms with E-state index < -0.39 is 0 Å². The molecule has 5 rings (SSSR count). The number of fused-ring (bicyclic) bond motifs is 3. The van der Waals surface area contributed by atoms with Crippen LogP contribution < -0.4 is 4.90 Å². The summed E-state index contributed by atoms with van der Waals surface area (Å²) in [6, 6.07) is 5.89. The summed E-state index contributed by atoms with van der Waals surface area (Å²) in [5.41, 5.74) is 1.32. The van der Waals surface area contributed by atoms with Crippen molar-refractivity contribution >= 4 is 11.6 Å². The van der Waals surface area contributed by atoms with Crippen LogP contribution in [0.25, 0.3) is 5.69 Å². The zero-order valence-corrected chi connectivity index (χ0v) is 16.4. The van der Waals surface area contributed by atoms with E-state index in [4.69, 9.17) is 4.98 Å². The Hall–Kier alpha value is -3.16. The third-order valence-electron chi connectivity index (χ3n) is 5.89. The van der Waals surface area contributed by atoms with Gasteiger partial charge in [-0.2, -0.15) is 0 Å². The van der Waals surface area contributed by atoms with Crippen molar-refractivity contribution in [3.05, 3.63) is 54.3 Å². The Bertz CT molecular complexity index is 1030. The molecule has 0 radical (unpaired) electrons. The maximum absolute atomic E-state index is 12.6. The average molecular weight is 389 g/mol. The molecular weight excluding hydrogens is 366 g/mol. The summed E-state index contributed by atoms with van der Waals surface area (Å²) in [7, 11) is 0. The van der Waals surface area contributed by atoms with Crippen LogP contribution in [0.5, 0.6) is 0 Å². The molecule has 0 N–H and O–H groups in total. The van der Waals surface area contributed by atoms with E-state index in [0.717, 1.165) is 36.6 Å². The molecule has 3 aromatic heterocycles. The third kappa shape index (κ3) is 3.08. The second-order valence-corrected chi connectivity index (χ2v) is 7.64. The number of anilines is 1. The summed E-state index contributed by atoms with van der Waals surface area (Å²) < 4.78 is 1.99. The number of carbonyl (C=O) groups excluding carboxylic acids is 1. The SMILES string of the molecule is CCC1c2nncn2-c2cnc(CC(=O)c3ccccn3)nc2N1C1CCCC1. The van der Waals surface area contributed by atoms with Gasteiger partial charge in [0.05, 0.1) is 18.7 Å². The predicted octanol–water partition coefficient (Wildman–Crippen LogP) is 3.09. The predicted molar refractivity (Wildman–Crippen MR) is 107 cm³/mol. The van der Waals surface area contributed by atoms with Gasteiger partial charge in [-0.15, -0.1) is 10.2 Å². The van der Waals surface area contributed by atoms with Crippen LogP contribution in [0.1, 0.15) is 67.2 Å². The number of Topliss-reactive ketones (excluding diaryl/α,β-unsaturated/α-hetero) is 1. The quantitative estimate of drug-likeness (QED) is 0.619. The summed E-state index contributed by atoms with van der Waals surface area (Å²) in [5, 5.41) is 8.53. The van der Waals surface area contributed by atoms with Crippen molar-refractivity contribution in [1.82, 2.24) is 29.7 Å². The van der Waals surface area contributed by atoms with E-state index >= 15 is 0 Å². The molecule has 0 amide bonds. The van der Waals surface area contributed by atoms with Gasteiger partial charge in [-0.1, -0.05) is 25.8 Å². The van der Waals surface area contributed by atoms with Gasteiger partial charge in [0.25, 0.3) is 0 Å². The van der Waals surface area contributed by atoms with Gasteiger partial charge in [0.1, 0.15) is 23.5 Å². The van der Waals surface area contributed by atoms with E-state index in [2.05, 4.69) is 32.0 Å². The third-order valence-corrected chi connectivity index (χ3v) is 5.89. The first-order chi connectivity index (χ1) is 14.3. The number of nitrogens with zero attached hydrogens (tertiary/aromatic N) is 7. The van der Waals surface area contributed by atoms with Crippen LogP contribution in [0.3, 0.4) is 0 Å². The molecule has 1 unspecified atom stereocenters. The molecule has 29 heavy (non-hydrogen) atoms. The molecule has 0 aromatic carbocycles. The Kier molecular flexibility index (Phi) is 4.54. The first kappa shape index (κ1) is 17.9. The molecule has 0 bridgehead atoms. The van der Waals surface area contributed by atoms with Crippen molar-refractivity contribution in [2.24, 2.45) is 0 Å². The Morgan fingerprint density at radius 1 is 1.21 bits per heavy atom. The van der Waals surface area contributed by atoms with Crippen molar-refractivity contribution in [2.75, 3.05) is 4.90 Å². The highest BCUT2D eigenvalue weighted by Crippen LogP contribution is 2.42. The summed E-state index contributed by atoms with van der Waals surface area (Å²) in [4.78, 5) is 28.5. The van der Waals surface area contributed by atoms with Gasteiger partial charge in [0.15, 0.2) is 17.4 Å². The second-order valence-electron chi connectivity index (χ2n) is 7.64. The van der Waals surface area contributed by atoms with E-state index in [-0.39, 0.29) is 18.2 Å². The molecule has 0 saturated heterocycles. The molecule has 1 aliphatic carbocycles. The van der Waals surface area contributed by atoms with E-state index in [1.165, 1.54) is 12.8 Å². The standard InChI is InChI=1S/C21H23N7O/c1-2-16-21-26-24-13-27(21)17-12-23-19(11-18(29)15-9-5-6-10-22-15)25-20(17)28(16)14-7-3-4-8-14/h5-6,9-10,12-14,16H,2-4,7-8,11H2,1H3. The van der Waals surface area contributed by atoms with Crippen LogP contribution in [-0.4, -0.2) is 41.5 Å². The highest BCUT2D eigenvalue weighted by atomic mass is 16.1. The number of hydrogen-bond donors (Lipinski definition) is 0. The lowest BCUT2D eigenvalue weighted by Gasteiger charge is -2.40. The minimum atomic E-state index is -0.0780. The summed E-state index contributed by atoms with van der Waals surface area (Å²) in [6.07, 6.45) is 11.0. The fourth-order valence-corrected chi connectivity index (χ4v) is 4.53.